The molecule has 0 amide bonds. The summed E-state index contributed by atoms with van der Waals surface area (Å²) in [5, 5.41) is 12.1. The number of halogens is 3. The fourth-order valence-electron chi connectivity index (χ4n) is 1.09. The molecular weight excluding hydrogens is 291 g/mol. The lowest BCUT2D eigenvalue weighted by Crippen LogP contribution is -2.61. The number of aliphatic carboxylic acids is 1. The van der Waals surface area contributed by atoms with Crippen molar-refractivity contribution in [3.63, 3.8) is 0 Å². The molecule has 0 aliphatic rings. The lowest BCUT2D eigenvalue weighted by molar-refractivity contribution is -0.201. The van der Waals surface area contributed by atoms with E-state index in [0.29, 0.717) is 0 Å². The van der Waals surface area contributed by atoms with Crippen LogP contribution in [0.5, 0.6) is 0 Å². The van der Waals surface area contributed by atoms with Gasteiger partial charge in [0.05, 0.1) is 6.20 Å². The monoisotopic (exact) mass is 301 g/mol. The van der Waals surface area contributed by atoms with E-state index in [4.69, 9.17) is 5.11 Å². The van der Waals surface area contributed by atoms with Crippen molar-refractivity contribution < 1.29 is 31.5 Å². The summed E-state index contributed by atoms with van der Waals surface area (Å²) in [6, 6.07) is 0. The van der Waals surface area contributed by atoms with Gasteiger partial charge in [-0.05, 0) is 6.92 Å². The number of aromatic nitrogens is 2. The number of sulfonamides is 1. The molecule has 2 N–H and O–H groups in total. The number of nitrogens with one attached hydrogen (secondary N) is 1. The number of nitrogens with zero attached hydrogens (tertiary/aromatic N) is 2. The number of alkyl halides is 3. The van der Waals surface area contributed by atoms with Gasteiger partial charge in [0.15, 0.2) is 0 Å². The van der Waals surface area contributed by atoms with Gasteiger partial charge in [-0.3, -0.25) is 4.68 Å². The Kier molecular flexibility index (Phi) is 3.65. The lowest BCUT2D eigenvalue weighted by Gasteiger charge is -2.27. The summed E-state index contributed by atoms with van der Waals surface area (Å²) in [6.45, 7) is 0.225. The molecule has 0 aromatic carbocycles. The number of hydrogen-bond acceptors (Lipinski definition) is 4. The zero-order valence-electron chi connectivity index (χ0n) is 9.76. The third-order valence-corrected chi connectivity index (χ3v) is 3.83. The third-order valence-electron chi connectivity index (χ3n) is 2.32. The van der Waals surface area contributed by atoms with Gasteiger partial charge in [-0.1, -0.05) is 0 Å². The average molecular weight is 301 g/mol. The van der Waals surface area contributed by atoms with Crippen molar-refractivity contribution >= 4 is 16.0 Å². The Morgan fingerprint density at radius 1 is 1.47 bits per heavy atom. The van der Waals surface area contributed by atoms with E-state index in [2.05, 4.69) is 5.10 Å². The van der Waals surface area contributed by atoms with E-state index >= 15 is 0 Å². The van der Waals surface area contributed by atoms with Gasteiger partial charge in [0.1, 0.15) is 4.90 Å². The summed E-state index contributed by atoms with van der Waals surface area (Å²) in [7, 11) is -3.30. The number of carboxylic acid groups (broad SMARTS) is 1. The molecule has 108 valence electrons. The molecule has 0 aliphatic carbocycles. The molecule has 0 bridgehead atoms. The second-order valence-corrected chi connectivity index (χ2v) is 5.57. The van der Waals surface area contributed by atoms with Crippen molar-refractivity contribution in [3.05, 3.63) is 12.4 Å². The average Bonchev–Trinajstić information content (AvgIpc) is 2.62. The van der Waals surface area contributed by atoms with Gasteiger partial charge in [0.25, 0.3) is 0 Å². The van der Waals surface area contributed by atoms with Crippen LogP contribution in [-0.4, -0.2) is 41.0 Å². The molecule has 1 aromatic heterocycles. The molecule has 0 saturated carbocycles. The van der Waals surface area contributed by atoms with E-state index in [1.807, 2.05) is 0 Å². The van der Waals surface area contributed by atoms with Crippen molar-refractivity contribution in [2.45, 2.75) is 23.5 Å². The van der Waals surface area contributed by atoms with Gasteiger partial charge in [-0.15, -0.1) is 0 Å². The zero-order valence-corrected chi connectivity index (χ0v) is 10.6. The zero-order chi connectivity index (χ0) is 15.1. The molecule has 0 spiro atoms. The second-order valence-electron chi connectivity index (χ2n) is 3.88. The SMILES string of the molecule is Cn1cc(S(=O)(=O)NC(C)(C(=O)O)C(F)(F)F)cn1. The molecule has 1 atom stereocenters. The molecule has 1 unspecified atom stereocenters. The Labute approximate surface area is 106 Å². The Hall–Kier alpha value is -1.62. The Balaban J connectivity index is 3.22. The fraction of sp³-hybridized carbons (Fsp3) is 0.500. The van der Waals surface area contributed by atoms with E-state index in [9.17, 15) is 26.4 Å². The minimum absolute atomic E-state index is 0.225. The van der Waals surface area contributed by atoms with Crippen LogP contribution in [0.4, 0.5) is 13.2 Å². The van der Waals surface area contributed by atoms with Crippen molar-refractivity contribution in [3.8, 4) is 0 Å². The minimum atomic E-state index is -5.30. The maximum absolute atomic E-state index is 12.7. The van der Waals surface area contributed by atoms with Crippen LogP contribution in [0.25, 0.3) is 0 Å². The summed E-state index contributed by atoms with van der Waals surface area (Å²) in [5.41, 5.74) is -3.62. The van der Waals surface area contributed by atoms with Gasteiger partial charge < -0.3 is 5.11 Å². The van der Waals surface area contributed by atoms with Crippen LogP contribution in [0.3, 0.4) is 0 Å². The van der Waals surface area contributed by atoms with Gasteiger partial charge in [-0.2, -0.15) is 23.0 Å². The molecule has 7 nitrogen and oxygen atoms in total. The molecule has 1 heterocycles. The largest absolute Gasteiger partial charge is 0.480 e. The topological polar surface area (TPSA) is 101 Å². The molecule has 0 fully saturated rings. The highest BCUT2D eigenvalue weighted by Crippen LogP contribution is 2.31. The summed E-state index contributed by atoms with van der Waals surface area (Å²) in [6.07, 6.45) is -3.55. The Morgan fingerprint density at radius 2 is 2.00 bits per heavy atom. The van der Waals surface area contributed by atoms with E-state index in [1.165, 1.54) is 7.05 Å². The minimum Gasteiger partial charge on any atom is -0.480 e. The number of hydrogen-bond donors (Lipinski definition) is 2. The standard InChI is InChI=1S/C8H10F3N3O4S/c1-7(6(15)16,8(9,10)11)13-19(17,18)5-3-12-14(2)4-5/h3-4,13H,1-2H3,(H,15,16). The molecule has 0 saturated heterocycles. The van der Waals surface area contributed by atoms with Gasteiger partial charge >= 0.3 is 12.1 Å². The highest BCUT2D eigenvalue weighted by atomic mass is 32.2. The van der Waals surface area contributed by atoms with Crippen LogP contribution in [0, 0.1) is 0 Å². The quantitative estimate of drug-likeness (QED) is 0.821. The van der Waals surface area contributed by atoms with Crippen LogP contribution in [0.1, 0.15) is 6.92 Å². The van der Waals surface area contributed by atoms with Crippen molar-refractivity contribution in [1.82, 2.24) is 14.5 Å². The molecule has 0 radical (unpaired) electrons. The maximum Gasteiger partial charge on any atom is 0.418 e. The number of rotatable bonds is 4. The summed E-state index contributed by atoms with van der Waals surface area (Å²) in [5.74, 6) is -2.35. The van der Waals surface area contributed by atoms with Gasteiger partial charge in [0.2, 0.25) is 15.6 Å². The van der Waals surface area contributed by atoms with E-state index in [1.54, 1.807) is 0 Å². The first-order valence-corrected chi connectivity index (χ1v) is 6.21. The first-order chi connectivity index (χ1) is 8.40. The van der Waals surface area contributed by atoms with Crippen LogP contribution < -0.4 is 4.72 Å². The van der Waals surface area contributed by atoms with Crippen molar-refractivity contribution in [2.75, 3.05) is 0 Å². The fourth-order valence-corrected chi connectivity index (χ4v) is 2.42. The number of aryl methyl sites for hydroxylation is 1. The highest BCUT2D eigenvalue weighted by molar-refractivity contribution is 7.89. The summed E-state index contributed by atoms with van der Waals surface area (Å²) in [4.78, 5) is 10.2. The molecule has 1 rings (SSSR count). The Bertz CT molecular complexity index is 595. The maximum atomic E-state index is 12.7. The smallest absolute Gasteiger partial charge is 0.418 e. The first kappa shape index (κ1) is 15.4. The number of carbonyl (C=O) groups is 1. The summed E-state index contributed by atoms with van der Waals surface area (Å²) >= 11 is 0. The van der Waals surface area contributed by atoms with E-state index < -0.39 is 32.6 Å². The van der Waals surface area contributed by atoms with Gasteiger partial charge in [0, 0.05) is 13.2 Å². The molecule has 19 heavy (non-hydrogen) atoms. The highest BCUT2D eigenvalue weighted by Gasteiger charge is 2.59. The lowest BCUT2D eigenvalue weighted by atomic mass is 10.0. The van der Waals surface area contributed by atoms with E-state index in [0.717, 1.165) is 21.8 Å². The molecular formula is C8H10F3N3O4S. The van der Waals surface area contributed by atoms with Crippen LogP contribution >= 0.6 is 0 Å². The number of carboxylic acids is 1. The van der Waals surface area contributed by atoms with Gasteiger partial charge in [-0.25, -0.2) is 13.2 Å². The molecule has 0 aliphatic heterocycles. The third kappa shape index (κ3) is 2.87. The van der Waals surface area contributed by atoms with Crippen LogP contribution in [-0.2, 0) is 21.9 Å². The normalized spacial score (nSPS) is 16.1. The van der Waals surface area contributed by atoms with E-state index in [-0.39, 0.29) is 6.92 Å². The Morgan fingerprint density at radius 3 is 2.32 bits per heavy atom. The second kappa shape index (κ2) is 4.49. The molecule has 1 aromatic rings. The van der Waals surface area contributed by atoms with Crippen LogP contribution in [0.15, 0.2) is 17.3 Å². The van der Waals surface area contributed by atoms with Crippen molar-refractivity contribution in [2.24, 2.45) is 7.05 Å². The van der Waals surface area contributed by atoms with Crippen LogP contribution in [0.2, 0.25) is 0 Å². The first-order valence-electron chi connectivity index (χ1n) is 4.73. The predicted molar refractivity (Wildman–Crippen MR) is 55.6 cm³/mol. The predicted octanol–water partition coefficient (Wildman–Crippen LogP) is 0.104. The molecule has 11 heteroatoms. The summed E-state index contributed by atoms with van der Waals surface area (Å²) < 4.78 is 63.6. The van der Waals surface area contributed by atoms with Crippen molar-refractivity contribution in [1.29, 1.82) is 0 Å².